The van der Waals surface area contributed by atoms with Gasteiger partial charge in [-0.05, 0) is 83.2 Å². The number of esters is 2. The Morgan fingerprint density at radius 2 is 1.22 bits per heavy atom. The fraction of sp³-hybridized carbons (Fsp3) is 0.775. The first kappa shape index (κ1) is 43.6. The third-order valence-corrected chi connectivity index (χ3v) is 7.67. The Morgan fingerprint density at radius 3 is 1.68 bits per heavy atom. The Hall–Kier alpha value is -2.53. The van der Waals surface area contributed by atoms with Crippen molar-refractivity contribution >= 4 is 17.8 Å². The monoisotopic (exact) mass is 704 g/mol. The maximum Gasteiger partial charge on any atom is 0.306 e. The standard InChI is InChI=1S/C40H69N3O7/c1-37(2,3)28-43(29-38(4,5)6)21-20-42(19-18-31(24-34(45)49-39(7,8)9)25-35(46)50-40(10,11)12)27-33(44)41-26-30-14-16-32(17-15-30)36-47-22-13-23-48-36/h14-17,31,36H,13,18-29H2,1-12H3,(H,41,44). The topological polar surface area (TPSA) is 107 Å². The molecule has 1 fully saturated rings. The van der Waals surface area contributed by atoms with Crippen LogP contribution in [0.25, 0.3) is 0 Å². The van der Waals surface area contributed by atoms with Crippen LogP contribution < -0.4 is 5.32 Å². The van der Waals surface area contributed by atoms with Crippen molar-refractivity contribution in [2.45, 2.75) is 133 Å². The van der Waals surface area contributed by atoms with Gasteiger partial charge in [-0.25, -0.2) is 0 Å². The van der Waals surface area contributed by atoms with Gasteiger partial charge in [0.15, 0.2) is 6.29 Å². The van der Waals surface area contributed by atoms with Crippen LogP contribution in [-0.4, -0.2) is 91.3 Å². The number of hydrogen-bond acceptors (Lipinski definition) is 9. The van der Waals surface area contributed by atoms with Gasteiger partial charge in [0.25, 0.3) is 0 Å². The van der Waals surface area contributed by atoms with Gasteiger partial charge < -0.3 is 29.2 Å². The molecule has 10 nitrogen and oxygen atoms in total. The second-order valence-electron chi connectivity index (χ2n) is 18.3. The highest BCUT2D eigenvalue weighted by Crippen LogP contribution is 2.24. The highest BCUT2D eigenvalue weighted by Gasteiger charge is 2.27. The zero-order chi connectivity index (χ0) is 37.8. The maximum atomic E-state index is 13.4. The van der Waals surface area contributed by atoms with E-state index < -0.39 is 11.2 Å². The highest BCUT2D eigenvalue weighted by atomic mass is 16.7. The molecule has 1 aliphatic rings. The molecule has 1 saturated heterocycles. The molecule has 0 aromatic heterocycles. The molecule has 0 spiro atoms. The summed E-state index contributed by atoms with van der Waals surface area (Å²) in [6.07, 6.45) is 1.30. The molecule has 1 N–H and O–H groups in total. The number of rotatable bonds is 17. The van der Waals surface area contributed by atoms with E-state index in [1.54, 1.807) is 0 Å². The molecule has 50 heavy (non-hydrogen) atoms. The molecule has 0 bridgehead atoms. The molecule has 286 valence electrons. The highest BCUT2D eigenvalue weighted by molar-refractivity contribution is 5.78. The molecule has 2 rings (SSSR count). The number of hydrogen-bond donors (Lipinski definition) is 1. The first-order valence-corrected chi connectivity index (χ1v) is 18.4. The number of nitrogens with one attached hydrogen (secondary N) is 1. The maximum absolute atomic E-state index is 13.4. The summed E-state index contributed by atoms with van der Waals surface area (Å²) in [5.74, 6) is -1.06. The summed E-state index contributed by atoms with van der Waals surface area (Å²) in [7, 11) is 0. The summed E-state index contributed by atoms with van der Waals surface area (Å²) in [5.41, 5.74) is 0.931. The van der Waals surface area contributed by atoms with E-state index in [0.717, 1.165) is 37.2 Å². The summed E-state index contributed by atoms with van der Waals surface area (Å²) in [4.78, 5) is 43.8. The van der Waals surface area contributed by atoms with Crippen LogP contribution in [0.1, 0.15) is 126 Å². The molecular formula is C40H69N3O7. The minimum Gasteiger partial charge on any atom is -0.460 e. The lowest BCUT2D eigenvalue weighted by Crippen LogP contribution is -2.45. The average molecular weight is 704 g/mol. The van der Waals surface area contributed by atoms with Crippen LogP contribution in [-0.2, 0) is 39.9 Å². The normalized spacial score (nSPS) is 15.1. The van der Waals surface area contributed by atoms with Crippen molar-refractivity contribution in [1.29, 1.82) is 0 Å². The van der Waals surface area contributed by atoms with Gasteiger partial charge in [0.2, 0.25) is 5.91 Å². The van der Waals surface area contributed by atoms with E-state index in [1.807, 2.05) is 65.8 Å². The van der Waals surface area contributed by atoms with Crippen LogP contribution in [0.15, 0.2) is 24.3 Å². The molecule has 1 amide bonds. The van der Waals surface area contributed by atoms with E-state index in [4.69, 9.17) is 18.9 Å². The molecule has 0 unspecified atom stereocenters. The van der Waals surface area contributed by atoms with Crippen molar-refractivity contribution in [3.63, 3.8) is 0 Å². The van der Waals surface area contributed by atoms with E-state index in [1.165, 1.54) is 0 Å². The molecular weight excluding hydrogens is 634 g/mol. The van der Waals surface area contributed by atoms with Crippen molar-refractivity contribution in [1.82, 2.24) is 15.1 Å². The molecule has 0 atom stereocenters. The van der Waals surface area contributed by atoms with Crippen LogP contribution in [0, 0.1) is 16.7 Å². The fourth-order valence-electron chi connectivity index (χ4n) is 5.92. The third kappa shape index (κ3) is 20.4. The summed E-state index contributed by atoms with van der Waals surface area (Å²) in [5, 5.41) is 3.09. The molecule has 0 aliphatic carbocycles. The molecule has 0 radical (unpaired) electrons. The van der Waals surface area contributed by atoms with Gasteiger partial charge >= 0.3 is 11.9 Å². The van der Waals surface area contributed by atoms with Crippen molar-refractivity contribution in [3.8, 4) is 0 Å². The van der Waals surface area contributed by atoms with Gasteiger partial charge in [0, 0.05) is 51.1 Å². The van der Waals surface area contributed by atoms with Gasteiger partial charge in [-0.2, -0.15) is 0 Å². The van der Waals surface area contributed by atoms with Crippen molar-refractivity contribution < 1.29 is 33.3 Å². The minimum atomic E-state index is -0.626. The Bertz CT molecular complexity index is 1140. The number of benzene rings is 1. The minimum absolute atomic E-state index is 0.0814. The Kier molecular flexibility index (Phi) is 16.9. The molecule has 1 aromatic carbocycles. The first-order valence-electron chi connectivity index (χ1n) is 18.4. The van der Waals surface area contributed by atoms with Crippen molar-refractivity contribution in [2.75, 3.05) is 52.5 Å². The summed E-state index contributed by atoms with van der Waals surface area (Å²) in [6, 6.07) is 7.95. The molecule has 10 heteroatoms. The van der Waals surface area contributed by atoms with Gasteiger partial charge in [0.05, 0.1) is 19.8 Å². The SMILES string of the molecule is CC(C)(C)CN(CCN(CCC(CC(=O)OC(C)(C)C)CC(=O)OC(C)(C)C)CC(=O)NCc1ccc(C2OCCCO2)cc1)CC(C)(C)C. The van der Waals surface area contributed by atoms with E-state index in [9.17, 15) is 14.4 Å². The number of amides is 1. The number of carbonyl (C=O) groups excluding carboxylic acids is 3. The fourth-order valence-corrected chi connectivity index (χ4v) is 5.92. The predicted octanol–water partition coefficient (Wildman–Crippen LogP) is 6.90. The molecule has 1 aliphatic heterocycles. The number of nitrogens with zero attached hydrogens (tertiary/aromatic N) is 2. The van der Waals surface area contributed by atoms with Gasteiger partial charge in [0.1, 0.15) is 11.2 Å². The zero-order valence-electron chi connectivity index (χ0n) is 33.4. The third-order valence-electron chi connectivity index (χ3n) is 7.67. The van der Waals surface area contributed by atoms with Crippen LogP contribution in [0.2, 0.25) is 0 Å². The summed E-state index contributed by atoms with van der Waals surface area (Å²) in [6.45, 7) is 30.3. The first-order chi connectivity index (χ1) is 23.0. The Balaban J connectivity index is 2.17. The van der Waals surface area contributed by atoms with Crippen molar-refractivity contribution in [3.05, 3.63) is 35.4 Å². The van der Waals surface area contributed by atoms with Crippen LogP contribution >= 0.6 is 0 Å². The Morgan fingerprint density at radius 1 is 0.740 bits per heavy atom. The quantitative estimate of drug-likeness (QED) is 0.173. The van der Waals surface area contributed by atoms with E-state index in [2.05, 4.69) is 56.7 Å². The largest absolute Gasteiger partial charge is 0.460 e. The van der Waals surface area contributed by atoms with Crippen LogP contribution in [0.3, 0.4) is 0 Å². The van der Waals surface area contributed by atoms with E-state index in [0.29, 0.717) is 39.3 Å². The lowest BCUT2D eigenvalue weighted by Gasteiger charge is -2.36. The second-order valence-corrected chi connectivity index (χ2v) is 18.3. The molecule has 1 aromatic rings. The molecule has 1 heterocycles. The van der Waals surface area contributed by atoms with Gasteiger partial charge in [-0.1, -0.05) is 65.8 Å². The zero-order valence-corrected chi connectivity index (χ0v) is 33.4. The van der Waals surface area contributed by atoms with E-state index in [-0.39, 0.29) is 60.3 Å². The number of ether oxygens (including phenoxy) is 4. The van der Waals surface area contributed by atoms with Crippen LogP contribution in [0.4, 0.5) is 0 Å². The lowest BCUT2D eigenvalue weighted by molar-refractivity contribution is -0.183. The van der Waals surface area contributed by atoms with Gasteiger partial charge in [-0.15, -0.1) is 0 Å². The Labute approximate surface area is 303 Å². The lowest BCUT2D eigenvalue weighted by atomic mass is 9.92. The smallest absolute Gasteiger partial charge is 0.306 e. The van der Waals surface area contributed by atoms with Crippen molar-refractivity contribution in [2.24, 2.45) is 16.7 Å². The summed E-state index contributed by atoms with van der Waals surface area (Å²) < 4.78 is 22.7. The summed E-state index contributed by atoms with van der Waals surface area (Å²) >= 11 is 0. The number of carbonyl (C=O) groups is 3. The molecule has 0 saturated carbocycles. The van der Waals surface area contributed by atoms with Gasteiger partial charge in [-0.3, -0.25) is 19.3 Å². The van der Waals surface area contributed by atoms with Crippen LogP contribution in [0.5, 0.6) is 0 Å². The predicted molar refractivity (Wildman–Crippen MR) is 198 cm³/mol. The average Bonchev–Trinajstić information content (AvgIpc) is 2.94. The van der Waals surface area contributed by atoms with E-state index >= 15 is 0 Å². The second kappa shape index (κ2) is 19.3.